The maximum Gasteiger partial charge on any atom is 0.0354 e. The van der Waals surface area contributed by atoms with E-state index in [-0.39, 0.29) is 0 Å². The summed E-state index contributed by atoms with van der Waals surface area (Å²) in [7, 11) is 0. The second kappa shape index (κ2) is 4.21. The molecule has 0 heterocycles. The zero-order chi connectivity index (χ0) is 8.97. The Labute approximate surface area is 77.7 Å². The van der Waals surface area contributed by atoms with E-state index in [2.05, 4.69) is 12.6 Å². The lowest BCUT2D eigenvalue weighted by molar-refractivity contribution is 1.38. The minimum Gasteiger partial charge on any atom is -0.398 e. The van der Waals surface area contributed by atoms with Gasteiger partial charge in [-0.15, -0.1) is 18.3 Å². The van der Waals surface area contributed by atoms with Gasteiger partial charge in [-0.1, -0.05) is 12.1 Å². The van der Waals surface area contributed by atoms with Crippen molar-refractivity contribution in [2.24, 2.45) is 0 Å². The van der Waals surface area contributed by atoms with Crippen LogP contribution in [0.2, 0.25) is 0 Å². The van der Waals surface area contributed by atoms with Crippen molar-refractivity contribution in [3.63, 3.8) is 0 Å². The molecule has 1 aromatic carbocycles. The molecule has 1 aromatic rings. The molecule has 0 aromatic heterocycles. The summed E-state index contributed by atoms with van der Waals surface area (Å²) < 4.78 is 0. The van der Waals surface area contributed by atoms with Gasteiger partial charge in [0.15, 0.2) is 0 Å². The van der Waals surface area contributed by atoms with Crippen LogP contribution in [0.15, 0.2) is 35.7 Å². The lowest BCUT2D eigenvalue weighted by Crippen LogP contribution is -1.88. The Hall–Kier alpha value is -0.890. The highest BCUT2D eigenvalue weighted by Gasteiger charge is 1.95. The quantitative estimate of drug-likeness (QED) is 0.438. The molecule has 0 spiro atoms. The van der Waals surface area contributed by atoms with Gasteiger partial charge in [0.05, 0.1) is 0 Å². The van der Waals surface area contributed by atoms with Crippen LogP contribution in [0.1, 0.15) is 5.56 Å². The summed E-state index contributed by atoms with van der Waals surface area (Å²) in [5.74, 6) is 0.933. The fraction of sp³-hybridized carbons (Fsp3) is 0.200. The number of anilines is 1. The first kappa shape index (κ1) is 9.20. The third-order valence-corrected chi connectivity index (χ3v) is 2.61. The predicted octanol–water partition coefficient (Wildman–Crippen LogP) is 2.86. The van der Waals surface area contributed by atoms with Gasteiger partial charge in [0.1, 0.15) is 0 Å². The number of hydrogen-bond acceptors (Lipinski definition) is 2. The highest BCUT2D eigenvalue weighted by molar-refractivity contribution is 7.99. The van der Waals surface area contributed by atoms with E-state index < -0.39 is 0 Å². The molecule has 0 amide bonds. The molecule has 0 saturated carbocycles. The molecule has 0 saturated heterocycles. The highest BCUT2D eigenvalue weighted by Crippen LogP contribution is 2.22. The van der Waals surface area contributed by atoms with Crippen LogP contribution in [0.3, 0.4) is 0 Å². The maximum atomic E-state index is 5.75. The normalized spacial score (nSPS) is 9.75. The van der Waals surface area contributed by atoms with Crippen LogP contribution in [0, 0.1) is 6.92 Å². The van der Waals surface area contributed by atoms with E-state index in [0.29, 0.717) is 0 Å². The van der Waals surface area contributed by atoms with E-state index >= 15 is 0 Å². The third-order valence-electron chi connectivity index (χ3n) is 1.62. The number of aryl methyl sites for hydroxylation is 1. The number of nitrogen functional groups attached to an aromatic ring is 1. The first-order valence-corrected chi connectivity index (χ1v) is 4.82. The Morgan fingerprint density at radius 3 is 2.92 bits per heavy atom. The molecular weight excluding hydrogens is 166 g/mol. The maximum absolute atomic E-state index is 5.75. The number of thioether (sulfide) groups is 1. The Bertz CT molecular complexity index is 281. The molecule has 0 radical (unpaired) electrons. The monoisotopic (exact) mass is 179 g/mol. The topological polar surface area (TPSA) is 26.0 Å². The molecule has 0 aliphatic rings. The van der Waals surface area contributed by atoms with Gasteiger partial charge in [-0.05, 0) is 24.6 Å². The van der Waals surface area contributed by atoms with Crippen LogP contribution in [0.4, 0.5) is 5.69 Å². The minimum atomic E-state index is 0.865. The van der Waals surface area contributed by atoms with Crippen molar-refractivity contribution in [3.05, 3.63) is 36.4 Å². The fourth-order valence-corrected chi connectivity index (χ4v) is 1.55. The SMILES string of the molecule is C=CCSc1ccc(C)c(N)c1. The lowest BCUT2D eigenvalue weighted by Gasteiger charge is -2.02. The highest BCUT2D eigenvalue weighted by atomic mass is 32.2. The zero-order valence-electron chi connectivity index (χ0n) is 7.21. The van der Waals surface area contributed by atoms with Crippen molar-refractivity contribution in [2.75, 3.05) is 11.5 Å². The van der Waals surface area contributed by atoms with Gasteiger partial charge in [-0.25, -0.2) is 0 Å². The molecule has 2 N–H and O–H groups in total. The smallest absolute Gasteiger partial charge is 0.0354 e. The van der Waals surface area contributed by atoms with Crippen molar-refractivity contribution in [1.82, 2.24) is 0 Å². The van der Waals surface area contributed by atoms with E-state index in [9.17, 15) is 0 Å². The Morgan fingerprint density at radius 1 is 1.58 bits per heavy atom. The Balaban J connectivity index is 2.75. The van der Waals surface area contributed by atoms with E-state index in [0.717, 1.165) is 17.0 Å². The van der Waals surface area contributed by atoms with Gasteiger partial charge in [0, 0.05) is 16.3 Å². The largest absolute Gasteiger partial charge is 0.398 e. The predicted molar refractivity (Wildman–Crippen MR) is 56.5 cm³/mol. The number of hydrogen-bond donors (Lipinski definition) is 1. The summed E-state index contributed by atoms with van der Waals surface area (Å²) in [6.07, 6.45) is 1.89. The fourth-order valence-electron chi connectivity index (χ4n) is 0.863. The van der Waals surface area contributed by atoms with Crippen LogP contribution in [0.5, 0.6) is 0 Å². The lowest BCUT2D eigenvalue weighted by atomic mass is 10.2. The molecule has 12 heavy (non-hydrogen) atoms. The standard InChI is InChI=1S/C10H13NS/c1-3-6-12-9-5-4-8(2)10(11)7-9/h3-5,7H,1,6,11H2,2H3. The molecule has 0 aliphatic carbocycles. The average molecular weight is 179 g/mol. The number of rotatable bonds is 3. The van der Waals surface area contributed by atoms with Gasteiger partial charge < -0.3 is 5.73 Å². The van der Waals surface area contributed by atoms with Crippen molar-refractivity contribution >= 4 is 17.4 Å². The Kier molecular flexibility index (Phi) is 3.23. The zero-order valence-corrected chi connectivity index (χ0v) is 8.03. The summed E-state index contributed by atoms with van der Waals surface area (Å²) in [4.78, 5) is 1.21. The molecule has 2 heteroatoms. The van der Waals surface area contributed by atoms with Crippen molar-refractivity contribution in [2.45, 2.75) is 11.8 Å². The molecule has 0 aliphatic heterocycles. The van der Waals surface area contributed by atoms with Crippen LogP contribution >= 0.6 is 11.8 Å². The van der Waals surface area contributed by atoms with Crippen LogP contribution in [0.25, 0.3) is 0 Å². The second-order valence-electron chi connectivity index (χ2n) is 2.62. The van der Waals surface area contributed by atoms with Gasteiger partial charge in [-0.3, -0.25) is 0 Å². The molecule has 1 nitrogen and oxygen atoms in total. The second-order valence-corrected chi connectivity index (χ2v) is 3.71. The average Bonchev–Trinajstić information content (AvgIpc) is 2.07. The van der Waals surface area contributed by atoms with Crippen molar-refractivity contribution in [3.8, 4) is 0 Å². The summed E-state index contributed by atoms with van der Waals surface area (Å²) in [5, 5.41) is 0. The first-order valence-electron chi connectivity index (χ1n) is 3.84. The van der Waals surface area contributed by atoms with Crippen LogP contribution in [-0.2, 0) is 0 Å². The van der Waals surface area contributed by atoms with Gasteiger partial charge in [0.25, 0.3) is 0 Å². The molecule has 0 atom stereocenters. The molecule has 64 valence electrons. The summed E-state index contributed by atoms with van der Waals surface area (Å²) >= 11 is 1.75. The van der Waals surface area contributed by atoms with E-state index in [1.54, 1.807) is 11.8 Å². The van der Waals surface area contributed by atoms with E-state index in [4.69, 9.17) is 5.73 Å². The molecule has 0 bridgehead atoms. The molecular formula is C10H13NS. The van der Waals surface area contributed by atoms with Crippen molar-refractivity contribution in [1.29, 1.82) is 0 Å². The van der Waals surface area contributed by atoms with E-state index in [1.165, 1.54) is 4.90 Å². The molecule has 1 rings (SSSR count). The van der Waals surface area contributed by atoms with E-state index in [1.807, 2.05) is 25.1 Å². The van der Waals surface area contributed by atoms with Gasteiger partial charge in [-0.2, -0.15) is 0 Å². The first-order chi connectivity index (χ1) is 5.74. The third kappa shape index (κ3) is 2.31. The van der Waals surface area contributed by atoms with Gasteiger partial charge >= 0.3 is 0 Å². The number of benzene rings is 1. The number of nitrogens with two attached hydrogens (primary N) is 1. The summed E-state index contributed by atoms with van der Waals surface area (Å²) in [6, 6.07) is 6.13. The summed E-state index contributed by atoms with van der Waals surface area (Å²) in [5.41, 5.74) is 7.76. The molecule has 0 unspecified atom stereocenters. The minimum absolute atomic E-state index is 0.865. The van der Waals surface area contributed by atoms with Crippen LogP contribution in [-0.4, -0.2) is 5.75 Å². The molecule has 0 fully saturated rings. The van der Waals surface area contributed by atoms with Gasteiger partial charge in [0.2, 0.25) is 0 Å². The Morgan fingerprint density at radius 2 is 2.33 bits per heavy atom. The summed E-state index contributed by atoms with van der Waals surface area (Å²) in [6.45, 7) is 5.67. The van der Waals surface area contributed by atoms with Crippen LogP contribution < -0.4 is 5.73 Å². The van der Waals surface area contributed by atoms with Crippen molar-refractivity contribution < 1.29 is 0 Å².